The van der Waals surface area contributed by atoms with E-state index in [1.807, 2.05) is 4.68 Å². The van der Waals surface area contributed by atoms with Crippen LogP contribution in [0.3, 0.4) is 0 Å². The molecule has 1 N–H and O–H groups in total. The number of nitrogens with one attached hydrogen (secondary N) is 1. The molecule has 22 heavy (non-hydrogen) atoms. The Bertz CT molecular complexity index is 775. The summed E-state index contributed by atoms with van der Waals surface area (Å²) in [5.41, 5.74) is 4.34. The summed E-state index contributed by atoms with van der Waals surface area (Å²) in [6, 6.07) is 8.60. The van der Waals surface area contributed by atoms with Crippen LogP contribution in [0.4, 0.5) is 10.2 Å². The number of rotatable bonds is 2. The first-order valence-corrected chi connectivity index (χ1v) is 8.41. The summed E-state index contributed by atoms with van der Waals surface area (Å²) in [5.74, 6) is 0.818. The van der Waals surface area contributed by atoms with Gasteiger partial charge in [-0.15, -0.1) is 0 Å². The van der Waals surface area contributed by atoms with E-state index in [4.69, 9.17) is 5.10 Å². The number of aromatic nitrogens is 2. The summed E-state index contributed by atoms with van der Waals surface area (Å²) in [4.78, 5) is 0. The first-order chi connectivity index (χ1) is 10.8. The van der Waals surface area contributed by atoms with E-state index in [9.17, 15) is 4.39 Å². The maximum atomic E-state index is 13.2. The first kappa shape index (κ1) is 13.5. The van der Waals surface area contributed by atoms with Gasteiger partial charge < -0.3 is 5.32 Å². The third-order valence-corrected chi connectivity index (χ3v) is 4.68. The number of thiophene rings is 1. The van der Waals surface area contributed by atoms with Crippen LogP contribution in [0.1, 0.15) is 18.4 Å². The number of benzene rings is 1. The average molecular weight is 313 g/mol. The van der Waals surface area contributed by atoms with Crippen molar-refractivity contribution in [1.29, 1.82) is 0 Å². The number of anilines is 1. The summed E-state index contributed by atoms with van der Waals surface area (Å²) in [7, 11) is 0. The molecule has 0 saturated heterocycles. The van der Waals surface area contributed by atoms with E-state index in [-0.39, 0.29) is 5.82 Å². The summed E-state index contributed by atoms with van der Waals surface area (Å²) < 4.78 is 15.1. The predicted molar refractivity (Wildman–Crippen MR) is 88.3 cm³/mol. The van der Waals surface area contributed by atoms with Gasteiger partial charge in [-0.25, -0.2) is 9.07 Å². The van der Waals surface area contributed by atoms with Crippen molar-refractivity contribution < 1.29 is 4.39 Å². The van der Waals surface area contributed by atoms with Crippen molar-refractivity contribution in [1.82, 2.24) is 9.78 Å². The van der Waals surface area contributed by atoms with E-state index < -0.39 is 0 Å². The van der Waals surface area contributed by atoms with Crippen molar-refractivity contribution in [3.63, 3.8) is 0 Å². The van der Waals surface area contributed by atoms with Crippen LogP contribution in [0.15, 0.2) is 41.1 Å². The van der Waals surface area contributed by atoms with Gasteiger partial charge in [0.2, 0.25) is 0 Å². The van der Waals surface area contributed by atoms with Gasteiger partial charge in [0.15, 0.2) is 0 Å². The zero-order valence-electron chi connectivity index (χ0n) is 12.1. The third-order valence-electron chi connectivity index (χ3n) is 4.00. The Labute approximate surface area is 132 Å². The lowest BCUT2D eigenvalue weighted by Crippen LogP contribution is -2.07. The van der Waals surface area contributed by atoms with Crippen LogP contribution in [0.25, 0.3) is 16.9 Å². The summed E-state index contributed by atoms with van der Waals surface area (Å²) in [6.07, 6.45) is 3.34. The molecule has 2 aromatic heterocycles. The molecule has 3 nitrogen and oxygen atoms in total. The first-order valence-electron chi connectivity index (χ1n) is 7.47. The lowest BCUT2D eigenvalue weighted by molar-refractivity contribution is 0.627. The normalized spacial score (nSPS) is 14.2. The Morgan fingerprint density at radius 3 is 2.77 bits per heavy atom. The van der Waals surface area contributed by atoms with Crippen LogP contribution in [0, 0.1) is 5.82 Å². The minimum absolute atomic E-state index is 0.229. The van der Waals surface area contributed by atoms with Crippen LogP contribution in [0.2, 0.25) is 0 Å². The van der Waals surface area contributed by atoms with Crippen LogP contribution in [0.5, 0.6) is 0 Å². The molecule has 0 spiro atoms. The molecule has 0 radical (unpaired) electrons. The highest BCUT2D eigenvalue weighted by Crippen LogP contribution is 2.34. The zero-order valence-corrected chi connectivity index (χ0v) is 12.9. The summed E-state index contributed by atoms with van der Waals surface area (Å²) in [5, 5.41) is 12.5. The number of fused-ring (bicyclic) bond motifs is 1. The molecule has 0 fully saturated rings. The Balaban J connectivity index is 1.89. The molecule has 0 atom stereocenters. The Morgan fingerprint density at radius 1 is 1.14 bits per heavy atom. The van der Waals surface area contributed by atoms with Crippen molar-refractivity contribution >= 4 is 17.2 Å². The molecule has 5 heteroatoms. The molecular weight excluding hydrogens is 297 g/mol. The summed E-state index contributed by atoms with van der Waals surface area (Å²) >= 11 is 1.68. The molecule has 112 valence electrons. The molecule has 0 amide bonds. The maximum absolute atomic E-state index is 13.2. The molecular formula is C17H16FN3S. The third kappa shape index (κ3) is 2.31. The van der Waals surface area contributed by atoms with Gasteiger partial charge in [0.05, 0.1) is 11.4 Å². The van der Waals surface area contributed by atoms with Crippen LogP contribution >= 0.6 is 11.3 Å². The molecule has 1 aliphatic heterocycles. The van der Waals surface area contributed by atoms with Crippen molar-refractivity contribution in [2.75, 3.05) is 11.9 Å². The Kier molecular flexibility index (Phi) is 3.42. The van der Waals surface area contributed by atoms with Crippen molar-refractivity contribution in [2.24, 2.45) is 0 Å². The van der Waals surface area contributed by atoms with Gasteiger partial charge in [0, 0.05) is 23.1 Å². The van der Waals surface area contributed by atoms with Crippen molar-refractivity contribution in [2.45, 2.75) is 19.3 Å². The van der Waals surface area contributed by atoms with Gasteiger partial charge >= 0.3 is 0 Å². The van der Waals surface area contributed by atoms with Crippen LogP contribution < -0.4 is 5.32 Å². The molecule has 1 aromatic carbocycles. The fourth-order valence-electron chi connectivity index (χ4n) is 2.90. The quantitative estimate of drug-likeness (QED) is 0.755. The van der Waals surface area contributed by atoms with E-state index in [2.05, 4.69) is 22.1 Å². The number of hydrogen-bond acceptors (Lipinski definition) is 3. The lowest BCUT2D eigenvalue weighted by Gasteiger charge is -2.09. The molecule has 0 bridgehead atoms. The minimum Gasteiger partial charge on any atom is -0.370 e. The van der Waals surface area contributed by atoms with Crippen molar-refractivity contribution in [3.05, 3.63) is 52.5 Å². The van der Waals surface area contributed by atoms with E-state index >= 15 is 0 Å². The van der Waals surface area contributed by atoms with Gasteiger partial charge in [0.1, 0.15) is 11.6 Å². The highest BCUT2D eigenvalue weighted by molar-refractivity contribution is 7.08. The highest BCUT2D eigenvalue weighted by atomic mass is 32.1. The molecule has 3 heterocycles. The van der Waals surface area contributed by atoms with Gasteiger partial charge in [-0.2, -0.15) is 16.4 Å². The second kappa shape index (κ2) is 5.57. The van der Waals surface area contributed by atoms with Crippen LogP contribution in [-0.4, -0.2) is 16.3 Å². The highest BCUT2D eigenvalue weighted by Gasteiger charge is 2.21. The van der Waals surface area contributed by atoms with Gasteiger partial charge in [0.25, 0.3) is 0 Å². The second-order valence-corrected chi connectivity index (χ2v) is 6.24. The van der Waals surface area contributed by atoms with E-state index in [0.29, 0.717) is 0 Å². The molecule has 0 aliphatic carbocycles. The molecule has 0 unspecified atom stereocenters. The van der Waals surface area contributed by atoms with Gasteiger partial charge in [-0.1, -0.05) is 0 Å². The fraction of sp³-hybridized carbons (Fsp3) is 0.235. The van der Waals surface area contributed by atoms with Crippen LogP contribution in [-0.2, 0) is 6.42 Å². The van der Waals surface area contributed by atoms with Crippen molar-refractivity contribution in [3.8, 4) is 16.9 Å². The lowest BCUT2D eigenvalue weighted by atomic mass is 10.1. The number of nitrogens with zero attached hydrogens (tertiary/aromatic N) is 2. The minimum atomic E-state index is -0.229. The summed E-state index contributed by atoms with van der Waals surface area (Å²) in [6.45, 7) is 0.947. The molecule has 4 rings (SSSR count). The average Bonchev–Trinajstić information content (AvgIpc) is 3.10. The van der Waals surface area contributed by atoms with Gasteiger partial charge in [-0.3, -0.25) is 0 Å². The maximum Gasteiger partial charge on any atom is 0.133 e. The smallest absolute Gasteiger partial charge is 0.133 e. The second-order valence-electron chi connectivity index (χ2n) is 5.46. The predicted octanol–water partition coefficient (Wildman–Crippen LogP) is 4.49. The van der Waals surface area contributed by atoms with E-state index in [1.165, 1.54) is 17.7 Å². The topological polar surface area (TPSA) is 29.9 Å². The zero-order chi connectivity index (χ0) is 14.9. The van der Waals surface area contributed by atoms with E-state index in [0.717, 1.165) is 48.6 Å². The standard InChI is InChI=1S/C17H16FN3S/c18-13-4-6-14(7-5-13)21-17-15(3-1-2-9-19-17)16(20-21)12-8-10-22-11-12/h4-8,10-11,19H,1-3,9H2. The Hall–Kier alpha value is -2.14. The number of hydrogen-bond donors (Lipinski definition) is 1. The number of halogens is 1. The molecule has 0 saturated carbocycles. The monoisotopic (exact) mass is 313 g/mol. The molecule has 3 aromatic rings. The Morgan fingerprint density at radius 2 is 2.00 bits per heavy atom. The van der Waals surface area contributed by atoms with E-state index in [1.54, 1.807) is 23.5 Å². The fourth-order valence-corrected chi connectivity index (χ4v) is 3.54. The SMILES string of the molecule is Fc1ccc(-n2nc(-c3ccsc3)c3c2NCCCC3)cc1. The van der Waals surface area contributed by atoms with Gasteiger partial charge in [-0.05, 0) is 55.0 Å². The molecule has 1 aliphatic rings. The largest absolute Gasteiger partial charge is 0.370 e.